The van der Waals surface area contributed by atoms with Crippen molar-refractivity contribution in [3.63, 3.8) is 0 Å². The summed E-state index contributed by atoms with van der Waals surface area (Å²) in [4.78, 5) is 8.98. The summed E-state index contributed by atoms with van der Waals surface area (Å²) in [5.41, 5.74) is 2.49. The van der Waals surface area contributed by atoms with Crippen LogP contribution in [0.2, 0.25) is 5.02 Å². The zero-order chi connectivity index (χ0) is 22.0. The molecule has 4 atom stereocenters. The number of aromatic nitrogens is 3. The smallest absolute Gasteiger partial charge is 0.165 e. The molecule has 5 aromatic rings. The summed E-state index contributed by atoms with van der Waals surface area (Å²) in [6.07, 6.45) is -2.94. The van der Waals surface area contributed by atoms with Crippen LogP contribution in [0.1, 0.15) is 6.23 Å². The second-order valence-electron chi connectivity index (χ2n) is 7.83. The molecular weight excluding hydrogens is 434 g/mol. The van der Waals surface area contributed by atoms with Crippen LogP contribution in [0.4, 0.5) is 0 Å². The number of nitrogens with zero attached hydrogens (tertiary/aromatic N) is 3. The van der Waals surface area contributed by atoms with Crippen LogP contribution in [-0.2, 0) is 4.74 Å². The third-order valence-corrected chi connectivity index (χ3v) is 6.21. The molecule has 3 N–H and O–H groups in total. The van der Waals surface area contributed by atoms with Crippen LogP contribution < -0.4 is 0 Å². The standard InChI is InChI=1S/C23H18ClN3O5/c24-12-5-6-14-13(8-12)18-19(16-7-11-3-1-2-4-15(11)31-16)25-10-26-22(18)27(14)23-21(30)20(29)17(9-28)32-23/h1-8,10,17,20-21,23,28-30H,9H2/t17-,20+,21?,23+/m1/s1. The maximum Gasteiger partial charge on any atom is 0.165 e. The maximum absolute atomic E-state index is 10.7. The molecule has 1 fully saturated rings. The summed E-state index contributed by atoms with van der Waals surface area (Å²) in [7, 11) is 0. The highest BCUT2D eigenvalue weighted by atomic mass is 35.5. The molecule has 0 bridgehead atoms. The van der Waals surface area contributed by atoms with Crippen molar-refractivity contribution in [3.05, 3.63) is 59.9 Å². The van der Waals surface area contributed by atoms with E-state index < -0.39 is 31.1 Å². The molecule has 4 heterocycles. The number of furan rings is 1. The minimum atomic E-state index is -1.26. The topological polar surface area (TPSA) is 114 Å². The summed E-state index contributed by atoms with van der Waals surface area (Å²) in [5.74, 6) is 0.568. The number of benzene rings is 2. The summed E-state index contributed by atoms with van der Waals surface area (Å²) in [6, 6.07) is 14.9. The normalized spacial score (nSPS) is 23.6. The number of ether oxygens (including phenoxy) is 1. The lowest BCUT2D eigenvalue weighted by Gasteiger charge is -2.18. The Bertz CT molecular complexity index is 1450. The Morgan fingerprint density at radius 2 is 1.88 bits per heavy atom. The molecule has 6 rings (SSSR count). The number of halogens is 1. The van der Waals surface area contributed by atoms with Crippen LogP contribution in [0, 0.1) is 0 Å². The lowest BCUT2D eigenvalue weighted by Crippen LogP contribution is -2.33. The summed E-state index contributed by atoms with van der Waals surface area (Å²) in [6.45, 7) is -0.420. The molecule has 1 aliphatic rings. The second kappa shape index (κ2) is 7.26. The molecule has 0 aliphatic carbocycles. The lowest BCUT2D eigenvalue weighted by molar-refractivity contribution is -0.0489. The first-order valence-electron chi connectivity index (χ1n) is 10.1. The fourth-order valence-electron chi connectivity index (χ4n) is 4.48. The van der Waals surface area contributed by atoms with Gasteiger partial charge in [-0.05, 0) is 30.3 Å². The highest BCUT2D eigenvalue weighted by molar-refractivity contribution is 6.32. The maximum atomic E-state index is 10.7. The van der Waals surface area contributed by atoms with Gasteiger partial charge in [-0.15, -0.1) is 0 Å². The Labute approximate surface area is 186 Å². The molecular formula is C23H18ClN3O5. The molecule has 0 saturated carbocycles. The first-order valence-corrected chi connectivity index (χ1v) is 10.5. The van der Waals surface area contributed by atoms with Gasteiger partial charge in [-0.3, -0.25) is 4.57 Å². The van der Waals surface area contributed by atoms with E-state index in [1.165, 1.54) is 6.33 Å². The monoisotopic (exact) mass is 451 g/mol. The molecule has 1 saturated heterocycles. The SMILES string of the molecule is OC[C@H]1O[C@H](n2c3ccc(Cl)cc3c3c(-c4cc5ccccc5o4)ncnc32)C(O)[C@H]1O. The van der Waals surface area contributed by atoms with E-state index in [4.69, 9.17) is 20.8 Å². The zero-order valence-electron chi connectivity index (χ0n) is 16.6. The first-order chi connectivity index (χ1) is 15.6. The van der Waals surface area contributed by atoms with Crippen LogP contribution in [0.5, 0.6) is 0 Å². The van der Waals surface area contributed by atoms with Crippen molar-refractivity contribution in [1.82, 2.24) is 14.5 Å². The highest BCUT2D eigenvalue weighted by Crippen LogP contribution is 2.41. The summed E-state index contributed by atoms with van der Waals surface area (Å²) < 4.78 is 13.6. The van der Waals surface area contributed by atoms with Gasteiger partial charge in [0.1, 0.15) is 41.6 Å². The van der Waals surface area contributed by atoms with E-state index >= 15 is 0 Å². The first kappa shape index (κ1) is 19.7. The van der Waals surface area contributed by atoms with Crippen molar-refractivity contribution in [2.24, 2.45) is 0 Å². The van der Waals surface area contributed by atoms with E-state index in [1.54, 1.807) is 22.8 Å². The Morgan fingerprint density at radius 3 is 2.66 bits per heavy atom. The molecule has 1 unspecified atom stereocenters. The Hall–Kier alpha value is -3.01. The molecule has 1 aliphatic heterocycles. The number of para-hydroxylation sites is 1. The highest BCUT2D eigenvalue weighted by Gasteiger charge is 2.44. The van der Waals surface area contributed by atoms with E-state index in [2.05, 4.69) is 9.97 Å². The van der Waals surface area contributed by atoms with Crippen molar-refractivity contribution >= 4 is 44.5 Å². The molecule has 162 valence electrons. The van der Waals surface area contributed by atoms with Crippen molar-refractivity contribution in [3.8, 4) is 11.5 Å². The Balaban J connectivity index is 1.66. The van der Waals surface area contributed by atoms with Gasteiger partial charge in [0.25, 0.3) is 0 Å². The quantitative estimate of drug-likeness (QED) is 0.385. The van der Waals surface area contributed by atoms with Gasteiger partial charge in [-0.1, -0.05) is 29.8 Å². The minimum Gasteiger partial charge on any atom is -0.454 e. The van der Waals surface area contributed by atoms with Gasteiger partial charge in [0.15, 0.2) is 12.0 Å². The minimum absolute atomic E-state index is 0.420. The summed E-state index contributed by atoms with van der Waals surface area (Å²) >= 11 is 6.32. The zero-order valence-corrected chi connectivity index (χ0v) is 17.3. The van der Waals surface area contributed by atoms with Crippen molar-refractivity contribution in [2.45, 2.75) is 24.5 Å². The molecule has 0 amide bonds. The number of fused-ring (bicyclic) bond motifs is 4. The largest absolute Gasteiger partial charge is 0.454 e. The van der Waals surface area contributed by atoms with Crippen LogP contribution in [0.3, 0.4) is 0 Å². The van der Waals surface area contributed by atoms with Crippen LogP contribution >= 0.6 is 11.6 Å². The molecule has 8 nitrogen and oxygen atoms in total. The van der Waals surface area contributed by atoms with Gasteiger partial charge in [0.2, 0.25) is 0 Å². The average Bonchev–Trinajstić information content (AvgIpc) is 3.46. The predicted octanol–water partition coefficient (Wildman–Crippen LogP) is 3.26. The molecule has 32 heavy (non-hydrogen) atoms. The van der Waals surface area contributed by atoms with Gasteiger partial charge in [0, 0.05) is 15.8 Å². The van der Waals surface area contributed by atoms with Crippen LogP contribution in [0.15, 0.2) is 59.3 Å². The van der Waals surface area contributed by atoms with Crippen molar-refractivity contribution in [1.29, 1.82) is 0 Å². The van der Waals surface area contributed by atoms with Gasteiger partial charge in [0.05, 0.1) is 17.5 Å². The van der Waals surface area contributed by atoms with E-state index in [0.717, 1.165) is 16.4 Å². The summed E-state index contributed by atoms with van der Waals surface area (Å²) in [5, 5.41) is 33.4. The molecule has 9 heteroatoms. The third-order valence-electron chi connectivity index (χ3n) is 5.97. The van der Waals surface area contributed by atoms with E-state index in [0.29, 0.717) is 33.0 Å². The molecule has 3 aromatic heterocycles. The number of hydrogen-bond acceptors (Lipinski definition) is 7. The fourth-order valence-corrected chi connectivity index (χ4v) is 4.65. The number of hydrogen-bond donors (Lipinski definition) is 3. The van der Waals surface area contributed by atoms with Gasteiger partial charge >= 0.3 is 0 Å². The van der Waals surface area contributed by atoms with E-state index in [9.17, 15) is 15.3 Å². The molecule has 0 spiro atoms. The number of aliphatic hydroxyl groups excluding tert-OH is 3. The average molecular weight is 452 g/mol. The van der Waals surface area contributed by atoms with Crippen LogP contribution in [-0.4, -0.2) is 54.8 Å². The number of aliphatic hydroxyl groups is 3. The van der Waals surface area contributed by atoms with Crippen molar-refractivity contribution in [2.75, 3.05) is 6.61 Å². The van der Waals surface area contributed by atoms with Crippen molar-refractivity contribution < 1.29 is 24.5 Å². The van der Waals surface area contributed by atoms with E-state index in [1.807, 2.05) is 30.3 Å². The second-order valence-corrected chi connectivity index (χ2v) is 8.27. The lowest BCUT2D eigenvalue weighted by atomic mass is 10.1. The van der Waals surface area contributed by atoms with E-state index in [-0.39, 0.29) is 0 Å². The molecule has 0 radical (unpaired) electrons. The van der Waals surface area contributed by atoms with Gasteiger partial charge in [-0.25, -0.2) is 9.97 Å². The Morgan fingerprint density at radius 1 is 1.03 bits per heavy atom. The number of rotatable bonds is 3. The van der Waals surface area contributed by atoms with Gasteiger partial charge in [-0.2, -0.15) is 0 Å². The molecule has 2 aromatic carbocycles. The fraction of sp³-hybridized carbons (Fsp3) is 0.217. The predicted molar refractivity (Wildman–Crippen MR) is 118 cm³/mol. The van der Waals surface area contributed by atoms with Crippen LogP contribution in [0.25, 0.3) is 44.4 Å². The Kier molecular flexibility index (Phi) is 4.46. The van der Waals surface area contributed by atoms with Gasteiger partial charge < -0.3 is 24.5 Å². The third kappa shape index (κ3) is 2.78.